The Labute approximate surface area is 154 Å². The van der Waals surface area contributed by atoms with Gasteiger partial charge in [0.05, 0.1) is 17.6 Å². The van der Waals surface area contributed by atoms with Gasteiger partial charge in [-0.3, -0.25) is 4.79 Å². The van der Waals surface area contributed by atoms with Crippen LogP contribution in [-0.4, -0.2) is 36.9 Å². The van der Waals surface area contributed by atoms with Crippen LogP contribution in [0.25, 0.3) is 22.7 Å². The van der Waals surface area contributed by atoms with Gasteiger partial charge in [-0.05, 0) is 38.3 Å². The SMILES string of the molecule is CCOc1c(C(=O)O)nc(-c2nc3ccccc3n2C2CCC2)n(N)c1=O. The largest absolute Gasteiger partial charge is 0.486 e. The zero-order valence-corrected chi connectivity index (χ0v) is 14.8. The maximum absolute atomic E-state index is 12.6. The van der Waals surface area contributed by atoms with Crippen molar-refractivity contribution < 1.29 is 14.6 Å². The van der Waals surface area contributed by atoms with Gasteiger partial charge in [0, 0.05) is 6.04 Å². The van der Waals surface area contributed by atoms with Crippen molar-refractivity contribution in [2.75, 3.05) is 12.4 Å². The highest BCUT2D eigenvalue weighted by Gasteiger charge is 2.29. The average molecular weight is 369 g/mol. The number of imidazole rings is 1. The standard InChI is InChI=1S/C18H19N5O4/c1-2-27-14-13(18(25)26)21-16(23(19)17(14)24)15-20-11-8-3-4-9-12(11)22(15)10-6-5-7-10/h3-4,8-10H,2,5-7,19H2,1H3,(H,25,26). The third kappa shape index (κ3) is 2.62. The monoisotopic (exact) mass is 369 g/mol. The van der Waals surface area contributed by atoms with E-state index in [1.165, 1.54) is 0 Å². The maximum atomic E-state index is 12.6. The van der Waals surface area contributed by atoms with Crippen LogP contribution in [0, 0.1) is 0 Å². The first-order valence-electron chi connectivity index (χ1n) is 8.78. The number of rotatable bonds is 5. The van der Waals surface area contributed by atoms with Crippen LogP contribution < -0.4 is 16.1 Å². The van der Waals surface area contributed by atoms with Crippen LogP contribution in [0.15, 0.2) is 29.1 Å². The number of nitrogen functional groups attached to an aromatic ring is 1. The van der Waals surface area contributed by atoms with E-state index < -0.39 is 17.2 Å². The fourth-order valence-corrected chi connectivity index (χ4v) is 3.31. The summed E-state index contributed by atoms with van der Waals surface area (Å²) >= 11 is 0. The van der Waals surface area contributed by atoms with E-state index >= 15 is 0 Å². The van der Waals surface area contributed by atoms with Crippen molar-refractivity contribution in [1.29, 1.82) is 0 Å². The van der Waals surface area contributed by atoms with Crippen LogP contribution in [0.4, 0.5) is 0 Å². The summed E-state index contributed by atoms with van der Waals surface area (Å²) in [5.41, 5.74) is 0.411. The number of ether oxygens (including phenoxy) is 1. The normalized spacial score (nSPS) is 14.3. The van der Waals surface area contributed by atoms with E-state index in [9.17, 15) is 14.7 Å². The number of fused-ring (bicyclic) bond motifs is 1. The summed E-state index contributed by atoms with van der Waals surface area (Å²) in [6, 6.07) is 7.79. The molecule has 27 heavy (non-hydrogen) atoms. The van der Waals surface area contributed by atoms with Gasteiger partial charge in [-0.25, -0.2) is 19.4 Å². The molecule has 2 heterocycles. The van der Waals surface area contributed by atoms with Crippen molar-refractivity contribution in [3.63, 3.8) is 0 Å². The molecule has 2 aromatic heterocycles. The van der Waals surface area contributed by atoms with Gasteiger partial charge in [0.25, 0.3) is 0 Å². The van der Waals surface area contributed by atoms with E-state index in [-0.39, 0.29) is 24.2 Å². The lowest BCUT2D eigenvalue weighted by atomic mass is 9.92. The van der Waals surface area contributed by atoms with Gasteiger partial charge in [0.2, 0.25) is 5.75 Å². The molecule has 1 aliphatic carbocycles. The minimum absolute atomic E-state index is 0.00366. The van der Waals surface area contributed by atoms with Crippen LogP contribution >= 0.6 is 0 Å². The van der Waals surface area contributed by atoms with Crippen molar-refractivity contribution in [2.24, 2.45) is 0 Å². The molecule has 9 heteroatoms. The zero-order chi connectivity index (χ0) is 19.1. The van der Waals surface area contributed by atoms with E-state index in [2.05, 4.69) is 9.97 Å². The molecule has 1 saturated carbocycles. The summed E-state index contributed by atoms with van der Waals surface area (Å²) in [5.74, 6) is 4.63. The smallest absolute Gasteiger partial charge is 0.358 e. The molecule has 140 valence electrons. The van der Waals surface area contributed by atoms with Gasteiger partial charge in [0.15, 0.2) is 17.3 Å². The highest BCUT2D eigenvalue weighted by Crippen LogP contribution is 2.37. The van der Waals surface area contributed by atoms with Crippen LogP contribution in [0.1, 0.15) is 42.7 Å². The van der Waals surface area contributed by atoms with Gasteiger partial charge < -0.3 is 20.3 Å². The molecule has 1 fully saturated rings. The highest BCUT2D eigenvalue weighted by atomic mass is 16.5. The molecule has 3 aromatic rings. The molecule has 0 bridgehead atoms. The van der Waals surface area contributed by atoms with Gasteiger partial charge in [-0.15, -0.1) is 0 Å². The summed E-state index contributed by atoms with van der Waals surface area (Å²) in [7, 11) is 0. The molecule has 0 saturated heterocycles. The molecule has 0 amide bonds. The molecule has 3 N–H and O–H groups in total. The quantitative estimate of drug-likeness (QED) is 0.657. The summed E-state index contributed by atoms with van der Waals surface area (Å²) in [6.07, 6.45) is 3.05. The van der Waals surface area contributed by atoms with Crippen molar-refractivity contribution in [3.8, 4) is 17.4 Å². The number of benzene rings is 1. The first-order valence-corrected chi connectivity index (χ1v) is 8.78. The van der Waals surface area contributed by atoms with Gasteiger partial charge in [-0.1, -0.05) is 12.1 Å². The van der Waals surface area contributed by atoms with Crippen molar-refractivity contribution in [2.45, 2.75) is 32.2 Å². The Morgan fingerprint density at radius 1 is 1.30 bits per heavy atom. The third-order valence-corrected chi connectivity index (χ3v) is 4.80. The van der Waals surface area contributed by atoms with Crippen molar-refractivity contribution in [3.05, 3.63) is 40.3 Å². The second-order valence-corrected chi connectivity index (χ2v) is 6.41. The van der Waals surface area contributed by atoms with Gasteiger partial charge in [0.1, 0.15) is 0 Å². The van der Waals surface area contributed by atoms with Crippen molar-refractivity contribution in [1.82, 2.24) is 19.2 Å². The Bertz CT molecular complexity index is 1100. The number of aromatic nitrogens is 4. The maximum Gasteiger partial charge on any atom is 0.358 e. The molecule has 9 nitrogen and oxygen atoms in total. The van der Waals surface area contributed by atoms with Crippen LogP contribution in [0.3, 0.4) is 0 Å². The summed E-state index contributed by atoms with van der Waals surface area (Å²) in [4.78, 5) is 33.0. The first kappa shape index (κ1) is 17.1. The Kier molecular flexibility index (Phi) is 4.06. The molecule has 0 radical (unpaired) electrons. The first-order chi connectivity index (χ1) is 13.0. The molecule has 1 aromatic carbocycles. The molecular weight excluding hydrogens is 350 g/mol. The van der Waals surface area contributed by atoms with Crippen LogP contribution in [0.5, 0.6) is 5.75 Å². The Hall–Kier alpha value is -3.36. The Morgan fingerprint density at radius 2 is 2.04 bits per heavy atom. The lowest BCUT2D eigenvalue weighted by Crippen LogP contribution is -2.34. The minimum Gasteiger partial charge on any atom is -0.486 e. The topological polar surface area (TPSA) is 125 Å². The van der Waals surface area contributed by atoms with Gasteiger partial charge in [-0.2, -0.15) is 0 Å². The molecular formula is C18H19N5O4. The molecule has 0 atom stereocenters. The number of carboxylic acids is 1. The third-order valence-electron chi connectivity index (χ3n) is 4.80. The fraction of sp³-hybridized carbons (Fsp3) is 0.333. The second kappa shape index (κ2) is 6.42. The van der Waals surface area contributed by atoms with E-state index in [1.54, 1.807) is 6.92 Å². The Morgan fingerprint density at radius 3 is 2.67 bits per heavy atom. The van der Waals surface area contributed by atoms with E-state index in [1.807, 2.05) is 28.8 Å². The number of carboxylic acid groups (broad SMARTS) is 1. The summed E-state index contributed by atoms with van der Waals surface area (Å²) in [5, 5.41) is 9.50. The number of para-hydroxylation sites is 2. The number of nitrogens with zero attached hydrogens (tertiary/aromatic N) is 4. The van der Waals surface area contributed by atoms with E-state index in [4.69, 9.17) is 10.6 Å². The van der Waals surface area contributed by atoms with Crippen LogP contribution in [0.2, 0.25) is 0 Å². The fourth-order valence-electron chi connectivity index (χ4n) is 3.31. The number of carbonyl (C=O) groups is 1. The van der Waals surface area contributed by atoms with Crippen LogP contribution in [-0.2, 0) is 0 Å². The lowest BCUT2D eigenvalue weighted by Gasteiger charge is -2.29. The number of aromatic carboxylic acids is 1. The average Bonchev–Trinajstić information content (AvgIpc) is 2.97. The van der Waals surface area contributed by atoms with Gasteiger partial charge >= 0.3 is 11.5 Å². The number of hydrogen-bond acceptors (Lipinski definition) is 6. The predicted octanol–water partition coefficient (Wildman–Crippen LogP) is 1.80. The van der Waals surface area contributed by atoms with E-state index in [0.717, 1.165) is 35.0 Å². The summed E-state index contributed by atoms with van der Waals surface area (Å²) < 4.78 is 8.00. The molecule has 0 aliphatic heterocycles. The predicted molar refractivity (Wildman–Crippen MR) is 98.4 cm³/mol. The van der Waals surface area contributed by atoms with Crippen molar-refractivity contribution >= 4 is 17.0 Å². The minimum atomic E-state index is -1.36. The zero-order valence-electron chi connectivity index (χ0n) is 14.8. The molecule has 0 spiro atoms. The second-order valence-electron chi connectivity index (χ2n) is 6.41. The number of nitrogens with two attached hydrogens (primary N) is 1. The molecule has 4 rings (SSSR count). The highest BCUT2D eigenvalue weighted by molar-refractivity contribution is 5.89. The molecule has 1 aliphatic rings. The van der Waals surface area contributed by atoms with E-state index in [0.29, 0.717) is 5.82 Å². The number of hydrogen-bond donors (Lipinski definition) is 2. The Balaban J connectivity index is 2.02. The summed E-state index contributed by atoms with van der Waals surface area (Å²) in [6.45, 7) is 1.77. The lowest BCUT2D eigenvalue weighted by molar-refractivity contribution is 0.0685. The molecule has 0 unspecified atom stereocenters.